The van der Waals surface area contributed by atoms with Crippen LogP contribution < -0.4 is 4.74 Å². The molecule has 0 aliphatic heterocycles. The number of nitriles is 1. The van der Waals surface area contributed by atoms with Crippen LogP contribution in [0.15, 0.2) is 22.7 Å². The van der Waals surface area contributed by atoms with Crippen molar-refractivity contribution in [3.05, 3.63) is 46.9 Å². The molecule has 0 aliphatic carbocycles. The Labute approximate surface area is 120 Å². The molecule has 0 bridgehead atoms. The van der Waals surface area contributed by atoms with Gasteiger partial charge in [-0.2, -0.15) is 5.26 Å². The first-order chi connectivity index (χ1) is 10.0. The van der Waals surface area contributed by atoms with Crippen molar-refractivity contribution in [1.29, 1.82) is 5.26 Å². The summed E-state index contributed by atoms with van der Waals surface area (Å²) < 4.78 is 36.5. The van der Waals surface area contributed by atoms with Crippen molar-refractivity contribution in [3.8, 4) is 11.8 Å². The van der Waals surface area contributed by atoms with Gasteiger partial charge in [0.2, 0.25) is 0 Å². The standard InChI is InChI=1S/C15H14F2N2O2/c1-9-15(10(2)21-19-9)11(8-18)5-6-20-14-4-3-12(16)7-13(14)17/h3-4,7,11H,5-6H2,1-2H3. The molecule has 0 fully saturated rings. The molecule has 2 rings (SSSR count). The van der Waals surface area contributed by atoms with Crippen LogP contribution in [0.2, 0.25) is 0 Å². The Morgan fingerprint density at radius 2 is 2.14 bits per heavy atom. The van der Waals surface area contributed by atoms with Crippen molar-refractivity contribution >= 4 is 0 Å². The van der Waals surface area contributed by atoms with Crippen LogP contribution in [-0.2, 0) is 0 Å². The van der Waals surface area contributed by atoms with Gasteiger partial charge in [-0.25, -0.2) is 8.78 Å². The van der Waals surface area contributed by atoms with Crippen LogP contribution >= 0.6 is 0 Å². The third-order valence-electron chi connectivity index (χ3n) is 3.15. The van der Waals surface area contributed by atoms with E-state index in [4.69, 9.17) is 9.26 Å². The van der Waals surface area contributed by atoms with E-state index in [1.54, 1.807) is 13.8 Å². The molecule has 0 radical (unpaired) electrons. The highest BCUT2D eigenvalue weighted by atomic mass is 19.1. The molecule has 1 heterocycles. The molecule has 0 aliphatic rings. The topological polar surface area (TPSA) is 59.0 Å². The summed E-state index contributed by atoms with van der Waals surface area (Å²) in [6.07, 6.45) is 0.357. The largest absolute Gasteiger partial charge is 0.490 e. The molecule has 4 nitrogen and oxygen atoms in total. The van der Waals surface area contributed by atoms with Crippen LogP contribution in [0.5, 0.6) is 5.75 Å². The van der Waals surface area contributed by atoms with E-state index in [1.807, 2.05) is 0 Å². The second-order valence-corrected chi connectivity index (χ2v) is 4.63. The SMILES string of the molecule is Cc1noc(C)c1C(C#N)CCOc1ccc(F)cc1F. The summed E-state index contributed by atoms with van der Waals surface area (Å²) in [6, 6.07) is 5.26. The summed E-state index contributed by atoms with van der Waals surface area (Å²) in [5.74, 6) is -1.31. The van der Waals surface area contributed by atoms with Crippen molar-refractivity contribution in [2.45, 2.75) is 26.2 Å². The predicted octanol–water partition coefficient (Wildman–Crippen LogP) is 3.65. The van der Waals surface area contributed by atoms with Crippen LogP contribution in [0, 0.1) is 36.8 Å². The Morgan fingerprint density at radius 3 is 2.71 bits per heavy atom. The number of aromatic nitrogens is 1. The third kappa shape index (κ3) is 3.37. The van der Waals surface area contributed by atoms with Crippen molar-refractivity contribution in [3.63, 3.8) is 0 Å². The molecule has 0 amide bonds. The van der Waals surface area contributed by atoms with Gasteiger partial charge in [0.1, 0.15) is 11.6 Å². The summed E-state index contributed by atoms with van der Waals surface area (Å²) in [5, 5.41) is 13.0. The summed E-state index contributed by atoms with van der Waals surface area (Å²) in [5.41, 5.74) is 1.40. The van der Waals surface area contributed by atoms with Gasteiger partial charge in [0.25, 0.3) is 0 Å². The molecule has 1 aromatic carbocycles. The lowest BCUT2D eigenvalue weighted by atomic mass is 9.96. The molecule has 6 heteroatoms. The molecule has 1 atom stereocenters. The minimum atomic E-state index is -0.763. The molecule has 1 aromatic heterocycles. The van der Waals surface area contributed by atoms with E-state index in [1.165, 1.54) is 6.07 Å². The molecule has 0 spiro atoms. The van der Waals surface area contributed by atoms with E-state index in [2.05, 4.69) is 11.2 Å². The van der Waals surface area contributed by atoms with Crippen LogP contribution in [0.4, 0.5) is 8.78 Å². The molecule has 2 aromatic rings. The number of nitrogens with zero attached hydrogens (tertiary/aromatic N) is 2. The van der Waals surface area contributed by atoms with E-state index < -0.39 is 17.6 Å². The molecule has 0 saturated carbocycles. The highest BCUT2D eigenvalue weighted by Crippen LogP contribution is 2.26. The number of benzene rings is 1. The van der Waals surface area contributed by atoms with Gasteiger partial charge in [-0.15, -0.1) is 0 Å². The second kappa shape index (κ2) is 6.35. The van der Waals surface area contributed by atoms with Gasteiger partial charge in [-0.05, 0) is 26.0 Å². The average molecular weight is 292 g/mol. The highest BCUT2D eigenvalue weighted by Gasteiger charge is 2.20. The van der Waals surface area contributed by atoms with E-state index in [-0.39, 0.29) is 12.4 Å². The molecule has 110 valence electrons. The van der Waals surface area contributed by atoms with Crippen LogP contribution in [-0.4, -0.2) is 11.8 Å². The maximum Gasteiger partial charge on any atom is 0.167 e. The van der Waals surface area contributed by atoms with Gasteiger partial charge < -0.3 is 9.26 Å². The monoisotopic (exact) mass is 292 g/mol. The number of aryl methyl sites for hydroxylation is 2. The lowest BCUT2D eigenvalue weighted by Crippen LogP contribution is -2.07. The maximum atomic E-state index is 13.4. The fourth-order valence-electron chi connectivity index (χ4n) is 2.14. The predicted molar refractivity (Wildman–Crippen MR) is 70.8 cm³/mol. The van der Waals surface area contributed by atoms with Crippen molar-refractivity contribution in [2.75, 3.05) is 6.61 Å². The Bertz CT molecular complexity index is 657. The van der Waals surface area contributed by atoms with Gasteiger partial charge in [0.15, 0.2) is 11.6 Å². The van der Waals surface area contributed by atoms with E-state index in [0.717, 1.165) is 17.7 Å². The number of halogens is 2. The second-order valence-electron chi connectivity index (χ2n) is 4.63. The first-order valence-corrected chi connectivity index (χ1v) is 6.43. The molecular weight excluding hydrogens is 278 g/mol. The maximum absolute atomic E-state index is 13.4. The number of ether oxygens (including phenoxy) is 1. The zero-order chi connectivity index (χ0) is 15.4. The normalized spacial score (nSPS) is 12.0. The summed E-state index contributed by atoms with van der Waals surface area (Å²) >= 11 is 0. The van der Waals surface area contributed by atoms with E-state index in [0.29, 0.717) is 17.9 Å². The minimum absolute atomic E-state index is 0.0353. The smallest absolute Gasteiger partial charge is 0.167 e. The van der Waals surface area contributed by atoms with Crippen LogP contribution in [0.1, 0.15) is 29.4 Å². The number of rotatable bonds is 5. The molecule has 0 saturated heterocycles. The Morgan fingerprint density at radius 1 is 1.38 bits per heavy atom. The van der Waals surface area contributed by atoms with Gasteiger partial charge in [0, 0.05) is 18.1 Å². The molecule has 1 unspecified atom stereocenters. The average Bonchev–Trinajstić information content (AvgIpc) is 2.77. The van der Waals surface area contributed by atoms with E-state index >= 15 is 0 Å². The van der Waals surface area contributed by atoms with Gasteiger partial charge in [-0.1, -0.05) is 5.16 Å². The fourth-order valence-corrected chi connectivity index (χ4v) is 2.14. The van der Waals surface area contributed by atoms with Crippen molar-refractivity contribution in [2.24, 2.45) is 0 Å². The Kier molecular flexibility index (Phi) is 4.53. The van der Waals surface area contributed by atoms with Gasteiger partial charge >= 0.3 is 0 Å². The van der Waals surface area contributed by atoms with Crippen LogP contribution in [0.25, 0.3) is 0 Å². The molecule has 0 N–H and O–H groups in total. The zero-order valence-corrected chi connectivity index (χ0v) is 11.7. The Hall–Kier alpha value is -2.42. The van der Waals surface area contributed by atoms with E-state index in [9.17, 15) is 14.0 Å². The first kappa shape index (κ1) is 15.0. The summed E-state index contributed by atoms with van der Waals surface area (Å²) in [4.78, 5) is 0. The number of hydrogen-bond acceptors (Lipinski definition) is 4. The fraction of sp³-hybridized carbons (Fsp3) is 0.333. The summed E-state index contributed by atoms with van der Waals surface area (Å²) in [7, 11) is 0. The highest BCUT2D eigenvalue weighted by molar-refractivity contribution is 5.30. The quantitative estimate of drug-likeness (QED) is 0.844. The number of hydrogen-bond donors (Lipinski definition) is 0. The summed E-state index contributed by atoms with van der Waals surface area (Å²) in [6.45, 7) is 3.63. The van der Waals surface area contributed by atoms with Gasteiger partial charge in [-0.3, -0.25) is 0 Å². The Balaban J connectivity index is 2.00. The van der Waals surface area contributed by atoms with Gasteiger partial charge in [0.05, 0.1) is 24.3 Å². The first-order valence-electron chi connectivity index (χ1n) is 6.43. The zero-order valence-electron chi connectivity index (χ0n) is 11.7. The minimum Gasteiger partial charge on any atom is -0.490 e. The van der Waals surface area contributed by atoms with Crippen molar-refractivity contribution in [1.82, 2.24) is 5.16 Å². The third-order valence-corrected chi connectivity index (χ3v) is 3.15. The lowest BCUT2D eigenvalue weighted by Gasteiger charge is -2.11. The van der Waals surface area contributed by atoms with Crippen molar-refractivity contribution < 1.29 is 18.0 Å². The molecular formula is C15H14F2N2O2. The lowest BCUT2D eigenvalue weighted by molar-refractivity contribution is 0.290. The van der Waals surface area contributed by atoms with Crippen LogP contribution in [0.3, 0.4) is 0 Å². The molecule has 21 heavy (non-hydrogen) atoms.